The monoisotopic (exact) mass is 284 g/mol. The number of ether oxygens (including phenoxy) is 1. The molecule has 0 aromatic heterocycles. The molecule has 0 spiro atoms. The summed E-state index contributed by atoms with van der Waals surface area (Å²) in [6, 6.07) is 14.7. The van der Waals surface area contributed by atoms with E-state index in [-0.39, 0.29) is 1.43 Å². The predicted molar refractivity (Wildman–Crippen MR) is 90.1 cm³/mol. The standard InChI is InChI=1S/C19H25NO/c1(4-13-20-14-5-6-15-20)7-16-21-19-12-8-10-17-9-2-3-11-18(17)19/h2-3,8-12H,1,4-7,13-16H2/p+1. The van der Waals surface area contributed by atoms with E-state index >= 15 is 0 Å². The van der Waals surface area contributed by atoms with Crippen LogP contribution in [0.1, 0.15) is 33.5 Å². The molecule has 2 aromatic carbocycles. The van der Waals surface area contributed by atoms with E-state index in [1.165, 1.54) is 56.1 Å². The van der Waals surface area contributed by atoms with Crippen LogP contribution in [0.4, 0.5) is 0 Å². The fourth-order valence-electron chi connectivity index (χ4n) is 3.12. The first-order valence-corrected chi connectivity index (χ1v) is 8.26. The molecule has 0 bridgehead atoms. The second-order valence-corrected chi connectivity index (χ2v) is 5.94. The Morgan fingerprint density at radius 1 is 0.905 bits per heavy atom. The van der Waals surface area contributed by atoms with Gasteiger partial charge >= 0.3 is 1.43 Å². The highest BCUT2D eigenvalue weighted by Gasteiger charge is 2.10. The molecule has 1 saturated heterocycles. The van der Waals surface area contributed by atoms with Crippen LogP contribution in [-0.4, -0.2) is 31.1 Å². The van der Waals surface area contributed by atoms with Crippen LogP contribution in [-0.2, 0) is 0 Å². The molecule has 112 valence electrons. The van der Waals surface area contributed by atoms with Crippen LogP contribution >= 0.6 is 0 Å². The van der Waals surface area contributed by atoms with Crippen molar-refractivity contribution in [1.82, 2.24) is 4.90 Å². The lowest BCUT2D eigenvalue weighted by atomic mass is 10.1. The van der Waals surface area contributed by atoms with Gasteiger partial charge in [0.25, 0.3) is 0 Å². The largest absolute Gasteiger partial charge is 1.00 e. The first-order chi connectivity index (χ1) is 10.4. The summed E-state index contributed by atoms with van der Waals surface area (Å²) in [5.41, 5.74) is 0. The zero-order valence-corrected chi connectivity index (χ0v) is 12.8. The SMILES string of the molecule is [H+].c1ccc2c(OCCCCCN3CCCC3)cccc2c1. The first-order valence-electron chi connectivity index (χ1n) is 8.26. The zero-order valence-electron chi connectivity index (χ0n) is 13.8. The molecule has 0 amide bonds. The summed E-state index contributed by atoms with van der Waals surface area (Å²) in [7, 11) is 0. The molecular formula is C19H26NO+. The van der Waals surface area contributed by atoms with Crippen LogP contribution in [0.15, 0.2) is 42.5 Å². The quantitative estimate of drug-likeness (QED) is 0.689. The fourth-order valence-corrected chi connectivity index (χ4v) is 3.12. The summed E-state index contributed by atoms with van der Waals surface area (Å²) < 4.78 is 5.98. The van der Waals surface area contributed by atoms with E-state index in [1.54, 1.807) is 0 Å². The summed E-state index contributed by atoms with van der Waals surface area (Å²) in [5.74, 6) is 1.02. The van der Waals surface area contributed by atoms with E-state index in [1.807, 2.05) is 0 Å². The number of hydrogen-bond acceptors (Lipinski definition) is 2. The van der Waals surface area contributed by atoms with E-state index in [2.05, 4.69) is 47.4 Å². The average molecular weight is 284 g/mol. The Morgan fingerprint density at radius 3 is 2.62 bits per heavy atom. The number of likely N-dealkylation sites (tertiary alicyclic amines) is 1. The van der Waals surface area contributed by atoms with Gasteiger partial charge in [0.1, 0.15) is 5.75 Å². The molecule has 3 rings (SSSR count). The molecule has 1 fully saturated rings. The molecule has 2 heteroatoms. The van der Waals surface area contributed by atoms with Crippen molar-refractivity contribution >= 4 is 10.8 Å². The highest BCUT2D eigenvalue weighted by atomic mass is 16.5. The summed E-state index contributed by atoms with van der Waals surface area (Å²) >= 11 is 0. The Labute approximate surface area is 129 Å². The maximum Gasteiger partial charge on any atom is 1.00 e. The second kappa shape index (κ2) is 7.46. The minimum Gasteiger partial charge on any atom is -0.493 e. The van der Waals surface area contributed by atoms with Crippen molar-refractivity contribution in [3.05, 3.63) is 42.5 Å². The molecule has 0 aliphatic carbocycles. The normalized spacial score (nSPS) is 15.6. The van der Waals surface area contributed by atoms with Crippen LogP contribution < -0.4 is 4.74 Å². The Kier molecular flexibility index (Phi) is 5.12. The maximum absolute atomic E-state index is 5.98. The van der Waals surface area contributed by atoms with Gasteiger partial charge in [0, 0.05) is 5.39 Å². The van der Waals surface area contributed by atoms with Crippen molar-refractivity contribution < 1.29 is 6.16 Å². The van der Waals surface area contributed by atoms with Gasteiger partial charge in [-0.25, -0.2) is 0 Å². The summed E-state index contributed by atoms with van der Waals surface area (Å²) in [4.78, 5) is 2.59. The molecule has 1 heterocycles. The topological polar surface area (TPSA) is 12.5 Å². The molecule has 0 atom stereocenters. The van der Waals surface area contributed by atoms with Crippen molar-refractivity contribution in [3.8, 4) is 5.75 Å². The molecule has 1 aliphatic heterocycles. The van der Waals surface area contributed by atoms with Gasteiger partial charge in [-0.1, -0.05) is 36.4 Å². The van der Waals surface area contributed by atoms with Gasteiger partial charge in [-0.3, -0.25) is 0 Å². The van der Waals surface area contributed by atoms with Gasteiger partial charge in [0.05, 0.1) is 6.61 Å². The minimum atomic E-state index is 0. The number of benzene rings is 2. The van der Waals surface area contributed by atoms with Gasteiger partial charge in [0.15, 0.2) is 0 Å². The van der Waals surface area contributed by atoms with E-state index in [4.69, 9.17) is 4.74 Å². The third-order valence-electron chi connectivity index (χ3n) is 4.32. The molecule has 0 N–H and O–H groups in total. The van der Waals surface area contributed by atoms with Crippen LogP contribution in [0, 0.1) is 0 Å². The van der Waals surface area contributed by atoms with E-state index in [0.717, 1.165) is 18.8 Å². The Bertz CT molecular complexity index is 561. The van der Waals surface area contributed by atoms with Crippen molar-refractivity contribution in [3.63, 3.8) is 0 Å². The summed E-state index contributed by atoms with van der Waals surface area (Å²) in [6.07, 6.45) is 6.51. The minimum absolute atomic E-state index is 0. The lowest BCUT2D eigenvalue weighted by Gasteiger charge is -2.14. The van der Waals surface area contributed by atoms with E-state index < -0.39 is 0 Å². The summed E-state index contributed by atoms with van der Waals surface area (Å²) in [6.45, 7) is 4.72. The van der Waals surface area contributed by atoms with Crippen molar-refractivity contribution in [1.29, 1.82) is 0 Å². The number of nitrogens with zero attached hydrogens (tertiary/aromatic N) is 1. The van der Waals surface area contributed by atoms with Crippen molar-refractivity contribution in [2.24, 2.45) is 0 Å². The third-order valence-corrected chi connectivity index (χ3v) is 4.32. The molecule has 2 nitrogen and oxygen atoms in total. The van der Waals surface area contributed by atoms with Crippen molar-refractivity contribution in [2.75, 3.05) is 26.2 Å². The predicted octanol–water partition coefficient (Wildman–Crippen LogP) is 4.60. The van der Waals surface area contributed by atoms with Crippen LogP contribution in [0.2, 0.25) is 0 Å². The Morgan fingerprint density at radius 2 is 1.71 bits per heavy atom. The molecular weight excluding hydrogens is 258 g/mol. The van der Waals surface area contributed by atoms with Gasteiger partial charge in [-0.15, -0.1) is 0 Å². The number of fused-ring (bicyclic) bond motifs is 1. The van der Waals surface area contributed by atoms with Crippen molar-refractivity contribution in [2.45, 2.75) is 32.1 Å². The van der Waals surface area contributed by atoms with Crippen LogP contribution in [0.5, 0.6) is 5.75 Å². The number of rotatable bonds is 7. The molecule has 0 radical (unpaired) electrons. The highest BCUT2D eigenvalue weighted by Crippen LogP contribution is 2.25. The van der Waals surface area contributed by atoms with Gasteiger partial charge in [-0.05, 0) is 63.2 Å². The summed E-state index contributed by atoms with van der Waals surface area (Å²) in [5, 5.41) is 2.47. The molecule has 0 saturated carbocycles. The third kappa shape index (κ3) is 3.98. The maximum atomic E-state index is 5.98. The lowest BCUT2D eigenvalue weighted by Crippen LogP contribution is -2.20. The van der Waals surface area contributed by atoms with Crippen LogP contribution in [0.25, 0.3) is 10.8 Å². The second-order valence-electron chi connectivity index (χ2n) is 5.94. The number of unbranched alkanes of at least 4 members (excludes halogenated alkanes) is 2. The van der Waals surface area contributed by atoms with Gasteiger partial charge in [-0.2, -0.15) is 0 Å². The average Bonchev–Trinajstić information content (AvgIpc) is 3.04. The Hall–Kier alpha value is -1.54. The Balaban J connectivity index is 0.00000176. The smallest absolute Gasteiger partial charge is 0.493 e. The van der Waals surface area contributed by atoms with E-state index in [0.29, 0.717) is 0 Å². The lowest BCUT2D eigenvalue weighted by molar-refractivity contribution is 0.292. The molecule has 21 heavy (non-hydrogen) atoms. The zero-order chi connectivity index (χ0) is 14.3. The fraction of sp³-hybridized carbons (Fsp3) is 0.474. The number of hydrogen-bond donors (Lipinski definition) is 0. The van der Waals surface area contributed by atoms with E-state index in [9.17, 15) is 0 Å². The van der Waals surface area contributed by atoms with Crippen LogP contribution in [0.3, 0.4) is 0 Å². The molecule has 1 aliphatic rings. The molecule has 2 aromatic rings. The molecule has 0 unspecified atom stereocenters. The van der Waals surface area contributed by atoms with Gasteiger partial charge < -0.3 is 9.64 Å². The first kappa shape index (κ1) is 14.4. The van der Waals surface area contributed by atoms with Gasteiger partial charge in [0.2, 0.25) is 0 Å². The highest BCUT2D eigenvalue weighted by molar-refractivity contribution is 5.88.